The predicted octanol–water partition coefficient (Wildman–Crippen LogP) is 4.47. The zero-order chi connectivity index (χ0) is 17.5. The number of para-hydroxylation sites is 1. The normalized spacial score (nSPS) is 12.2. The molecule has 1 aromatic heterocycles. The first kappa shape index (κ1) is 17.6. The van der Waals surface area contributed by atoms with E-state index < -0.39 is 0 Å². The number of amides is 1. The molecule has 4 nitrogen and oxygen atoms in total. The first-order chi connectivity index (χ1) is 12.3. The summed E-state index contributed by atoms with van der Waals surface area (Å²) < 4.78 is 6.70. The number of hydrogen-bond donors (Lipinski definition) is 1. The van der Waals surface area contributed by atoms with Crippen LogP contribution in [0.3, 0.4) is 0 Å². The number of rotatable bonds is 8. The predicted molar refractivity (Wildman–Crippen MR) is 102 cm³/mol. The van der Waals surface area contributed by atoms with Gasteiger partial charge in [0.25, 0.3) is 0 Å². The fourth-order valence-corrected chi connectivity index (χ4v) is 3.65. The van der Waals surface area contributed by atoms with E-state index in [-0.39, 0.29) is 18.6 Å². The highest BCUT2D eigenvalue weighted by molar-refractivity contribution is 7.18. The van der Waals surface area contributed by atoms with Gasteiger partial charge >= 0.3 is 0 Å². The Morgan fingerprint density at radius 1 is 1.16 bits per heavy atom. The molecule has 1 N–H and O–H groups in total. The lowest BCUT2D eigenvalue weighted by atomic mass is 10.0. The molecule has 0 saturated carbocycles. The summed E-state index contributed by atoms with van der Waals surface area (Å²) in [5.41, 5.74) is 2.10. The van der Waals surface area contributed by atoms with Gasteiger partial charge in [0, 0.05) is 0 Å². The molecule has 0 aliphatic heterocycles. The summed E-state index contributed by atoms with van der Waals surface area (Å²) in [6.07, 6.45) is 1.92. The van der Waals surface area contributed by atoms with Crippen LogP contribution in [0, 0.1) is 0 Å². The smallest absolute Gasteiger partial charge is 0.246 e. The first-order valence-electron chi connectivity index (χ1n) is 8.52. The van der Waals surface area contributed by atoms with Gasteiger partial charge in [0.15, 0.2) is 0 Å². The summed E-state index contributed by atoms with van der Waals surface area (Å²) in [5.74, 6) is -0.0941. The zero-order valence-corrected chi connectivity index (χ0v) is 15.1. The number of benzene rings is 2. The first-order valence-corrected chi connectivity index (χ1v) is 9.34. The number of nitrogens with zero attached hydrogens (tertiary/aromatic N) is 1. The molecule has 0 spiro atoms. The fraction of sp³-hybridized carbons (Fsp3) is 0.300. The molecule has 0 radical (unpaired) electrons. The molecule has 1 unspecified atom stereocenters. The van der Waals surface area contributed by atoms with Crippen molar-refractivity contribution in [3.63, 3.8) is 0 Å². The number of carbonyl (C=O) groups is 1. The molecule has 0 aliphatic rings. The highest BCUT2D eigenvalue weighted by Gasteiger charge is 2.14. The van der Waals surface area contributed by atoms with E-state index in [9.17, 15) is 4.79 Å². The van der Waals surface area contributed by atoms with E-state index >= 15 is 0 Å². The summed E-state index contributed by atoms with van der Waals surface area (Å²) in [6.45, 7) is 2.52. The Labute approximate surface area is 151 Å². The topological polar surface area (TPSA) is 51.2 Å². The molecule has 25 heavy (non-hydrogen) atoms. The SMILES string of the molecule is CCCC(NC(=O)COCc1nc2ccccc2s1)c1ccccc1. The van der Waals surface area contributed by atoms with Crippen molar-refractivity contribution in [1.29, 1.82) is 0 Å². The van der Waals surface area contributed by atoms with Crippen LogP contribution >= 0.6 is 11.3 Å². The maximum absolute atomic E-state index is 12.2. The van der Waals surface area contributed by atoms with Crippen LogP contribution in [0.4, 0.5) is 0 Å². The van der Waals surface area contributed by atoms with Crippen molar-refractivity contribution >= 4 is 27.5 Å². The number of hydrogen-bond acceptors (Lipinski definition) is 4. The molecular formula is C20H22N2O2S. The number of aromatic nitrogens is 1. The van der Waals surface area contributed by atoms with Gasteiger partial charge in [0.1, 0.15) is 11.6 Å². The van der Waals surface area contributed by atoms with Crippen LogP contribution in [-0.4, -0.2) is 17.5 Å². The molecule has 1 heterocycles. The molecule has 3 rings (SSSR count). The lowest BCUT2D eigenvalue weighted by Crippen LogP contribution is -2.31. The number of nitrogens with one attached hydrogen (secondary N) is 1. The quantitative estimate of drug-likeness (QED) is 0.649. The van der Waals surface area contributed by atoms with Crippen molar-refractivity contribution in [2.75, 3.05) is 6.61 Å². The Balaban J connectivity index is 1.51. The lowest BCUT2D eigenvalue weighted by molar-refractivity contribution is -0.126. The summed E-state index contributed by atoms with van der Waals surface area (Å²) in [7, 11) is 0. The van der Waals surface area contributed by atoms with Crippen LogP contribution in [0.15, 0.2) is 54.6 Å². The van der Waals surface area contributed by atoms with Crippen LogP contribution in [0.1, 0.15) is 36.4 Å². The standard InChI is InChI=1S/C20H22N2O2S/c1-2-8-16(15-9-4-3-5-10-15)21-19(23)13-24-14-20-22-17-11-6-7-12-18(17)25-20/h3-7,9-12,16H,2,8,13-14H2,1H3,(H,21,23). The number of thiazole rings is 1. The van der Waals surface area contributed by atoms with E-state index in [2.05, 4.69) is 17.2 Å². The van der Waals surface area contributed by atoms with Gasteiger partial charge in [-0.25, -0.2) is 4.98 Å². The average Bonchev–Trinajstić information content (AvgIpc) is 3.05. The van der Waals surface area contributed by atoms with Crippen molar-refractivity contribution in [2.24, 2.45) is 0 Å². The Bertz CT molecular complexity index is 784. The minimum Gasteiger partial charge on any atom is -0.364 e. The van der Waals surface area contributed by atoms with Crippen molar-refractivity contribution in [3.8, 4) is 0 Å². The van der Waals surface area contributed by atoms with Crippen molar-refractivity contribution in [1.82, 2.24) is 10.3 Å². The van der Waals surface area contributed by atoms with Crippen LogP contribution < -0.4 is 5.32 Å². The van der Waals surface area contributed by atoms with Crippen molar-refractivity contribution in [3.05, 3.63) is 65.2 Å². The third-order valence-electron chi connectivity index (χ3n) is 3.91. The lowest BCUT2D eigenvalue weighted by Gasteiger charge is -2.18. The maximum Gasteiger partial charge on any atom is 0.246 e. The Hall–Kier alpha value is -2.24. The van der Waals surface area contributed by atoms with Crippen LogP contribution in [0.25, 0.3) is 10.2 Å². The van der Waals surface area contributed by atoms with E-state index in [0.29, 0.717) is 6.61 Å². The Morgan fingerprint density at radius 2 is 1.92 bits per heavy atom. The summed E-state index contributed by atoms with van der Waals surface area (Å²) in [4.78, 5) is 16.7. The highest BCUT2D eigenvalue weighted by atomic mass is 32.1. The largest absolute Gasteiger partial charge is 0.364 e. The maximum atomic E-state index is 12.2. The fourth-order valence-electron chi connectivity index (χ4n) is 2.74. The third-order valence-corrected chi connectivity index (χ3v) is 4.92. The van der Waals surface area contributed by atoms with Crippen molar-refractivity contribution in [2.45, 2.75) is 32.4 Å². The van der Waals surface area contributed by atoms with E-state index in [0.717, 1.165) is 33.6 Å². The summed E-state index contributed by atoms with van der Waals surface area (Å²) in [6, 6.07) is 18.1. The van der Waals surface area contributed by atoms with Crippen LogP contribution in [-0.2, 0) is 16.1 Å². The van der Waals surface area contributed by atoms with Gasteiger partial charge in [-0.15, -0.1) is 11.3 Å². The molecule has 0 bridgehead atoms. The van der Waals surface area contributed by atoms with E-state index in [1.54, 1.807) is 11.3 Å². The molecule has 3 aromatic rings. The second-order valence-corrected chi connectivity index (χ2v) is 7.00. The van der Waals surface area contributed by atoms with Gasteiger partial charge in [-0.1, -0.05) is 55.8 Å². The average molecular weight is 354 g/mol. The number of fused-ring (bicyclic) bond motifs is 1. The van der Waals surface area contributed by atoms with E-state index in [1.165, 1.54) is 0 Å². The Kier molecular flexibility index (Phi) is 6.14. The van der Waals surface area contributed by atoms with Crippen LogP contribution in [0.2, 0.25) is 0 Å². The van der Waals surface area contributed by atoms with Gasteiger partial charge in [0.2, 0.25) is 5.91 Å². The molecule has 5 heteroatoms. The molecule has 2 aromatic carbocycles. The minimum absolute atomic E-state index is 0.0322. The molecule has 1 amide bonds. The van der Waals surface area contributed by atoms with Crippen LogP contribution in [0.5, 0.6) is 0 Å². The second kappa shape index (κ2) is 8.74. The van der Waals surface area contributed by atoms with E-state index in [1.807, 2.05) is 54.6 Å². The molecular weight excluding hydrogens is 332 g/mol. The number of carbonyl (C=O) groups excluding carboxylic acids is 1. The van der Waals surface area contributed by atoms with Gasteiger partial charge in [-0.05, 0) is 24.1 Å². The zero-order valence-electron chi connectivity index (χ0n) is 14.3. The molecule has 1 atom stereocenters. The highest BCUT2D eigenvalue weighted by Crippen LogP contribution is 2.22. The third kappa shape index (κ3) is 4.87. The summed E-state index contributed by atoms with van der Waals surface area (Å²) >= 11 is 1.60. The molecule has 0 saturated heterocycles. The van der Waals surface area contributed by atoms with Gasteiger partial charge < -0.3 is 10.1 Å². The van der Waals surface area contributed by atoms with Gasteiger partial charge in [0.05, 0.1) is 22.9 Å². The van der Waals surface area contributed by atoms with Gasteiger partial charge in [-0.3, -0.25) is 4.79 Å². The van der Waals surface area contributed by atoms with Crippen molar-refractivity contribution < 1.29 is 9.53 Å². The molecule has 0 aliphatic carbocycles. The second-order valence-electron chi connectivity index (χ2n) is 5.89. The molecule has 0 fully saturated rings. The minimum atomic E-state index is -0.0941. The summed E-state index contributed by atoms with van der Waals surface area (Å²) in [5, 5.41) is 3.96. The Morgan fingerprint density at radius 3 is 2.68 bits per heavy atom. The molecule has 130 valence electrons. The monoisotopic (exact) mass is 354 g/mol. The van der Waals surface area contributed by atoms with E-state index in [4.69, 9.17) is 4.74 Å². The number of ether oxygens (including phenoxy) is 1. The van der Waals surface area contributed by atoms with Gasteiger partial charge in [-0.2, -0.15) is 0 Å².